The second kappa shape index (κ2) is 10.0. The maximum atomic E-state index is 12.3. The quantitative estimate of drug-likeness (QED) is 0.519. The second-order valence-electron chi connectivity index (χ2n) is 6.12. The van der Waals surface area contributed by atoms with Crippen LogP contribution in [0.3, 0.4) is 0 Å². The van der Waals surface area contributed by atoms with Crippen LogP contribution < -0.4 is 10.6 Å². The number of unbranched alkanes of at least 4 members (excludes halogenated alkanes) is 1. The van der Waals surface area contributed by atoms with Crippen molar-refractivity contribution in [2.24, 2.45) is 0 Å². The largest absolute Gasteiger partial charge is 0.360 e. The van der Waals surface area contributed by atoms with Gasteiger partial charge in [0.2, 0.25) is 0 Å². The van der Waals surface area contributed by atoms with Crippen LogP contribution in [0, 0.1) is 11.3 Å². The molecule has 0 fully saturated rings. The number of anilines is 2. The normalized spacial score (nSPS) is 10.9. The highest BCUT2D eigenvalue weighted by Gasteiger charge is 2.09. The highest BCUT2D eigenvalue weighted by atomic mass is 16.1. The molecule has 0 aromatic heterocycles. The molecule has 0 aliphatic heterocycles. The van der Waals surface area contributed by atoms with E-state index in [9.17, 15) is 10.1 Å². The lowest BCUT2D eigenvalue weighted by Gasteiger charge is -2.07. The average Bonchev–Trinajstić information content (AvgIpc) is 2.68. The van der Waals surface area contributed by atoms with Crippen molar-refractivity contribution in [2.75, 3.05) is 10.6 Å². The maximum absolute atomic E-state index is 12.3. The highest BCUT2D eigenvalue weighted by Crippen LogP contribution is 2.14. The van der Waals surface area contributed by atoms with Crippen molar-refractivity contribution >= 4 is 17.3 Å². The van der Waals surface area contributed by atoms with E-state index in [2.05, 4.69) is 24.5 Å². The van der Waals surface area contributed by atoms with Crippen LogP contribution in [0.15, 0.2) is 60.3 Å². The summed E-state index contributed by atoms with van der Waals surface area (Å²) >= 11 is 0. The summed E-state index contributed by atoms with van der Waals surface area (Å²) in [6.07, 6.45) is 5.75. The summed E-state index contributed by atoms with van der Waals surface area (Å²) in [5.41, 5.74) is 4.03. The lowest BCUT2D eigenvalue weighted by atomic mass is 10.1. The van der Waals surface area contributed by atoms with E-state index in [1.54, 1.807) is 0 Å². The third kappa shape index (κ3) is 5.78. The molecule has 2 aromatic rings. The van der Waals surface area contributed by atoms with Gasteiger partial charge in [0.15, 0.2) is 0 Å². The van der Waals surface area contributed by atoms with Crippen LogP contribution in [0.25, 0.3) is 0 Å². The van der Waals surface area contributed by atoms with E-state index in [4.69, 9.17) is 0 Å². The summed E-state index contributed by atoms with van der Waals surface area (Å²) in [5.74, 6) is -0.425. The van der Waals surface area contributed by atoms with E-state index in [0.717, 1.165) is 31.4 Å². The fourth-order valence-corrected chi connectivity index (χ4v) is 2.47. The van der Waals surface area contributed by atoms with E-state index in [1.807, 2.05) is 54.6 Å². The van der Waals surface area contributed by atoms with Crippen molar-refractivity contribution < 1.29 is 4.79 Å². The summed E-state index contributed by atoms with van der Waals surface area (Å²) in [4.78, 5) is 12.3. The van der Waals surface area contributed by atoms with Crippen LogP contribution in [0.2, 0.25) is 0 Å². The zero-order valence-electron chi connectivity index (χ0n) is 15.4. The third-order valence-corrected chi connectivity index (χ3v) is 4.14. The van der Waals surface area contributed by atoms with Crippen LogP contribution in [0.5, 0.6) is 0 Å². The average molecular weight is 347 g/mol. The topological polar surface area (TPSA) is 64.9 Å². The molecule has 0 atom stereocenters. The Morgan fingerprint density at radius 1 is 1.00 bits per heavy atom. The fraction of sp³-hybridized carbons (Fsp3) is 0.273. The number of nitrogens with zero attached hydrogens (tertiary/aromatic N) is 1. The number of amides is 1. The van der Waals surface area contributed by atoms with Crippen molar-refractivity contribution in [3.63, 3.8) is 0 Å². The number of rotatable bonds is 8. The van der Waals surface area contributed by atoms with Gasteiger partial charge in [-0.1, -0.05) is 44.5 Å². The van der Waals surface area contributed by atoms with Crippen molar-refractivity contribution in [1.82, 2.24) is 0 Å². The zero-order valence-corrected chi connectivity index (χ0v) is 15.4. The molecule has 0 spiro atoms. The van der Waals surface area contributed by atoms with E-state index >= 15 is 0 Å². The minimum absolute atomic E-state index is 0.0274. The fourth-order valence-electron chi connectivity index (χ4n) is 2.47. The van der Waals surface area contributed by atoms with Crippen LogP contribution in [0.4, 0.5) is 11.4 Å². The predicted octanol–water partition coefficient (Wildman–Crippen LogP) is 5.05. The van der Waals surface area contributed by atoms with Gasteiger partial charge in [-0.3, -0.25) is 4.79 Å². The molecule has 2 aromatic carbocycles. The Morgan fingerprint density at radius 3 is 2.19 bits per heavy atom. The SMILES string of the molecule is CCCCc1ccc(NC(=O)/C(C#N)=C\Nc2ccc(CC)cc2)cc1. The van der Waals surface area contributed by atoms with Crippen molar-refractivity contribution in [3.8, 4) is 6.07 Å². The van der Waals surface area contributed by atoms with Gasteiger partial charge >= 0.3 is 0 Å². The monoisotopic (exact) mass is 347 g/mol. The molecule has 0 radical (unpaired) electrons. The first-order chi connectivity index (χ1) is 12.7. The predicted molar refractivity (Wildman–Crippen MR) is 107 cm³/mol. The smallest absolute Gasteiger partial charge is 0.267 e. The third-order valence-electron chi connectivity index (χ3n) is 4.14. The Labute approximate surface area is 155 Å². The van der Waals surface area contributed by atoms with Crippen molar-refractivity contribution in [1.29, 1.82) is 5.26 Å². The van der Waals surface area contributed by atoms with Gasteiger partial charge in [-0.05, 0) is 54.7 Å². The lowest BCUT2D eigenvalue weighted by molar-refractivity contribution is -0.112. The van der Waals surface area contributed by atoms with Crippen molar-refractivity contribution in [2.45, 2.75) is 39.5 Å². The Balaban J connectivity index is 1.97. The molecule has 0 bridgehead atoms. The number of carbonyl (C=O) groups excluding carboxylic acids is 1. The number of nitriles is 1. The van der Waals surface area contributed by atoms with Crippen LogP contribution in [-0.2, 0) is 17.6 Å². The van der Waals surface area contributed by atoms with Gasteiger partial charge in [-0.15, -0.1) is 0 Å². The van der Waals surface area contributed by atoms with E-state index in [-0.39, 0.29) is 5.57 Å². The van der Waals surface area contributed by atoms with E-state index < -0.39 is 5.91 Å². The molecule has 26 heavy (non-hydrogen) atoms. The minimum Gasteiger partial charge on any atom is -0.360 e. The molecule has 2 rings (SSSR count). The zero-order chi connectivity index (χ0) is 18.8. The van der Waals surface area contributed by atoms with Crippen molar-refractivity contribution in [3.05, 3.63) is 71.4 Å². The molecule has 1 amide bonds. The van der Waals surface area contributed by atoms with E-state index in [0.29, 0.717) is 5.69 Å². The molecule has 0 aliphatic carbocycles. The summed E-state index contributed by atoms with van der Waals surface area (Å²) in [6, 6.07) is 17.6. The van der Waals surface area contributed by atoms with Gasteiger partial charge < -0.3 is 10.6 Å². The molecular weight excluding hydrogens is 322 g/mol. The van der Waals surface area contributed by atoms with Gasteiger partial charge in [0, 0.05) is 17.6 Å². The Bertz CT molecular complexity index is 784. The number of aryl methyl sites for hydroxylation is 2. The Kier molecular flexibility index (Phi) is 7.45. The van der Waals surface area contributed by atoms with Gasteiger partial charge in [0.25, 0.3) is 5.91 Å². The first-order valence-electron chi connectivity index (χ1n) is 9.02. The number of benzene rings is 2. The molecule has 0 heterocycles. The maximum Gasteiger partial charge on any atom is 0.267 e. The summed E-state index contributed by atoms with van der Waals surface area (Å²) < 4.78 is 0. The molecule has 2 N–H and O–H groups in total. The minimum atomic E-state index is -0.425. The number of hydrogen-bond donors (Lipinski definition) is 2. The molecule has 4 nitrogen and oxygen atoms in total. The standard InChI is InChI=1S/C22H25N3O/c1-3-5-6-18-9-13-21(14-10-18)25-22(26)19(15-23)16-24-20-11-7-17(4-2)8-12-20/h7-14,16,24H,3-6H2,1-2H3,(H,25,26)/b19-16-. The molecule has 4 heteroatoms. The number of carbonyl (C=O) groups is 1. The first kappa shape index (κ1) is 19.3. The first-order valence-corrected chi connectivity index (χ1v) is 9.02. The molecule has 0 saturated heterocycles. The molecular formula is C22H25N3O. The molecule has 134 valence electrons. The molecule has 0 aliphatic rings. The number of nitrogens with one attached hydrogen (secondary N) is 2. The second-order valence-corrected chi connectivity index (χ2v) is 6.12. The molecule has 0 unspecified atom stereocenters. The van der Waals surface area contributed by atoms with Crippen LogP contribution in [0.1, 0.15) is 37.8 Å². The number of hydrogen-bond acceptors (Lipinski definition) is 3. The van der Waals surface area contributed by atoms with Gasteiger partial charge in [-0.25, -0.2) is 0 Å². The molecule has 0 saturated carbocycles. The Morgan fingerprint density at radius 2 is 1.62 bits per heavy atom. The van der Waals surface area contributed by atoms with Gasteiger partial charge in [0.1, 0.15) is 11.6 Å². The van der Waals surface area contributed by atoms with E-state index in [1.165, 1.54) is 17.3 Å². The lowest BCUT2D eigenvalue weighted by Crippen LogP contribution is -2.14. The Hall–Kier alpha value is -3.06. The van der Waals surface area contributed by atoms with Crippen LogP contribution >= 0.6 is 0 Å². The summed E-state index contributed by atoms with van der Waals surface area (Å²) in [5, 5.41) is 15.0. The summed E-state index contributed by atoms with van der Waals surface area (Å²) in [6.45, 7) is 4.26. The summed E-state index contributed by atoms with van der Waals surface area (Å²) in [7, 11) is 0. The highest BCUT2D eigenvalue weighted by molar-refractivity contribution is 6.06. The van der Waals surface area contributed by atoms with Crippen LogP contribution in [-0.4, -0.2) is 5.91 Å². The van der Waals surface area contributed by atoms with Gasteiger partial charge in [0.05, 0.1) is 0 Å². The van der Waals surface area contributed by atoms with Gasteiger partial charge in [-0.2, -0.15) is 5.26 Å².